The van der Waals surface area contributed by atoms with Gasteiger partial charge in [0, 0.05) is 25.2 Å². The second-order valence-corrected chi connectivity index (χ2v) is 6.55. The van der Waals surface area contributed by atoms with Gasteiger partial charge in [0.25, 0.3) is 0 Å². The third-order valence-electron chi connectivity index (χ3n) is 4.37. The van der Waals surface area contributed by atoms with E-state index in [1.54, 1.807) is 25.1 Å². The highest BCUT2D eigenvalue weighted by atomic mass is 19.3. The van der Waals surface area contributed by atoms with Crippen molar-refractivity contribution in [3.8, 4) is 11.5 Å². The molecule has 0 bridgehead atoms. The van der Waals surface area contributed by atoms with Gasteiger partial charge in [-0.05, 0) is 45.8 Å². The van der Waals surface area contributed by atoms with Crippen LogP contribution < -0.4 is 20.1 Å². The maximum Gasteiger partial charge on any atom is 0.387 e. The Bertz CT molecular complexity index is 613. The van der Waals surface area contributed by atoms with Crippen molar-refractivity contribution in [2.24, 2.45) is 10.9 Å². The minimum absolute atomic E-state index is 0.0476. The van der Waals surface area contributed by atoms with Crippen molar-refractivity contribution in [2.45, 2.75) is 33.4 Å². The van der Waals surface area contributed by atoms with Crippen LogP contribution in [0.15, 0.2) is 23.2 Å². The van der Waals surface area contributed by atoms with E-state index in [1.165, 1.54) is 0 Å². The number of guanidine groups is 1. The predicted octanol–water partition coefficient (Wildman–Crippen LogP) is 2.69. The molecule has 6 nitrogen and oxygen atoms in total. The van der Waals surface area contributed by atoms with E-state index in [1.807, 2.05) is 6.92 Å². The van der Waals surface area contributed by atoms with Crippen LogP contribution in [0.2, 0.25) is 0 Å². The maximum absolute atomic E-state index is 12.8. The Morgan fingerprint density at radius 2 is 2.15 bits per heavy atom. The molecular weight excluding hydrogens is 354 g/mol. The van der Waals surface area contributed by atoms with Crippen LogP contribution in [-0.2, 0) is 6.54 Å². The number of ether oxygens (including phenoxy) is 2. The molecule has 0 aromatic heterocycles. The first kappa shape index (κ1) is 21.2. The van der Waals surface area contributed by atoms with Gasteiger partial charge in [-0.1, -0.05) is 12.1 Å². The molecule has 1 aliphatic heterocycles. The Morgan fingerprint density at radius 1 is 1.33 bits per heavy atom. The van der Waals surface area contributed by atoms with Gasteiger partial charge in [0.1, 0.15) is 0 Å². The highest BCUT2D eigenvalue weighted by molar-refractivity contribution is 5.79. The molecule has 2 N–H and O–H groups in total. The monoisotopic (exact) mass is 384 g/mol. The van der Waals surface area contributed by atoms with Crippen LogP contribution >= 0.6 is 0 Å². The highest BCUT2D eigenvalue weighted by Crippen LogP contribution is 2.33. The first-order chi connectivity index (χ1) is 13.0. The van der Waals surface area contributed by atoms with Crippen molar-refractivity contribution in [3.63, 3.8) is 0 Å². The van der Waals surface area contributed by atoms with Crippen LogP contribution in [0.5, 0.6) is 11.5 Å². The van der Waals surface area contributed by atoms with Gasteiger partial charge < -0.3 is 25.0 Å². The Balaban J connectivity index is 2.08. The number of para-hydroxylation sites is 1. The van der Waals surface area contributed by atoms with Crippen LogP contribution in [0, 0.1) is 5.92 Å². The summed E-state index contributed by atoms with van der Waals surface area (Å²) in [7, 11) is 2.12. The minimum Gasteiger partial charge on any atom is -0.490 e. The molecule has 0 saturated carbocycles. The average molecular weight is 384 g/mol. The first-order valence-corrected chi connectivity index (χ1v) is 9.43. The standard InChI is InChI=1S/C19H30F2N4O2/c1-4-22-19(23-11-14-9-10-25(3)13-14)24-12-15-7-6-8-16(26-5-2)17(15)27-18(20)21/h6-8,14,18H,4-5,9-13H2,1-3H3,(H2,22,23,24). The molecule has 0 amide bonds. The minimum atomic E-state index is -2.92. The summed E-state index contributed by atoms with van der Waals surface area (Å²) in [4.78, 5) is 6.84. The quantitative estimate of drug-likeness (QED) is 0.506. The summed E-state index contributed by atoms with van der Waals surface area (Å²) in [6, 6.07) is 5.09. The predicted molar refractivity (Wildman–Crippen MR) is 103 cm³/mol. The number of rotatable bonds is 9. The molecule has 0 radical (unpaired) electrons. The summed E-state index contributed by atoms with van der Waals surface area (Å²) in [6.45, 7) is 5.17. The number of halogens is 2. The lowest BCUT2D eigenvalue weighted by molar-refractivity contribution is -0.0520. The van der Waals surface area contributed by atoms with Crippen LogP contribution in [0.3, 0.4) is 0 Å². The molecule has 0 aliphatic carbocycles. The van der Waals surface area contributed by atoms with Crippen molar-refractivity contribution in [1.82, 2.24) is 15.5 Å². The summed E-state index contributed by atoms with van der Waals surface area (Å²) in [5, 5.41) is 6.54. The number of alkyl halides is 2. The molecule has 152 valence electrons. The molecule has 1 saturated heterocycles. The Hall–Kier alpha value is -2.09. The van der Waals surface area contributed by atoms with Crippen LogP contribution in [0.25, 0.3) is 0 Å². The molecule has 1 fully saturated rings. The van der Waals surface area contributed by atoms with Crippen LogP contribution in [0.1, 0.15) is 25.8 Å². The lowest BCUT2D eigenvalue weighted by Gasteiger charge is -2.17. The van der Waals surface area contributed by atoms with Gasteiger partial charge in [0.15, 0.2) is 17.5 Å². The zero-order valence-electron chi connectivity index (χ0n) is 16.3. The van der Waals surface area contributed by atoms with E-state index in [9.17, 15) is 8.78 Å². The number of nitrogens with zero attached hydrogens (tertiary/aromatic N) is 2. The zero-order valence-corrected chi connectivity index (χ0v) is 16.3. The van der Waals surface area contributed by atoms with E-state index in [4.69, 9.17) is 9.47 Å². The summed E-state index contributed by atoms with van der Waals surface area (Å²) in [5.41, 5.74) is 0.555. The third-order valence-corrected chi connectivity index (χ3v) is 4.37. The molecule has 8 heteroatoms. The zero-order chi connectivity index (χ0) is 19.6. The van der Waals surface area contributed by atoms with Gasteiger partial charge in [-0.3, -0.25) is 0 Å². The summed E-state index contributed by atoms with van der Waals surface area (Å²) in [5.74, 6) is 1.60. The van der Waals surface area contributed by atoms with E-state index in [0.717, 1.165) is 32.6 Å². The van der Waals surface area contributed by atoms with E-state index in [2.05, 4.69) is 27.6 Å². The molecule has 1 heterocycles. The molecule has 1 aromatic rings. The Morgan fingerprint density at radius 3 is 2.78 bits per heavy atom. The second kappa shape index (κ2) is 10.9. The third kappa shape index (κ3) is 6.86. The number of nitrogens with one attached hydrogen (secondary N) is 2. The molecule has 2 rings (SSSR count). The molecule has 1 unspecified atom stereocenters. The van der Waals surface area contributed by atoms with Gasteiger partial charge >= 0.3 is 6.61 Å². The SMILES string of the molecule is CCNC(=NCc1cccc(OCC)c1OC(F)F)NCC1CCN(C)C1. The van der Waals surface area contributed by atoms with E-state index < -0.39 is 6.61 Å². The van der Waals surface area contributed by atoms with Crippen molar-refractivity contribution in [3.05, 3.63) is 23.8 Å². The van der Waals surface area contributed by atoms with Gasteiger partial charge in [0.05, 0.1) is 13.2 Å². The molecule has 27 heavy (non-hydrogen) atoms. The van der Waals surface area contributed by atoms with E-state index in [-0.39, 0.29) is 12.3 Å². The van der Waals surface area contributed by atoms with Crippen molar-refractivity contribution >= 4 is 5.96 Å². The van der Waals surface area contributed by atoms with E-state index in [0.29, 0.717) is 29.8 Å². The topological polar surface area (TPSA) is 58.1 Å². The fourth-order valence-electron chi connectivity index (χ4n) is 3.12. The van der Waals surface area contributed by atoms with Crippen molar-refractivity contribution in [2.75, 3.05) is 39.8 Å². The van der Waals surface area contributed by atoms with E-state index >= 15 is 0 Å². The lowest BCUT2D eigenvalue weighted by Crippen LogP contribution is -2.40. The number of benzene rings is 1. The first-order valence-electron chi connectivity index (χ1n) is 9.43. The number of hydrogen-bond acceptors (Lipinski definition) is 4. The van der Waals surface area contributed by atoms with Gasteiger partial charge in [-0.2, -0.15) is 8.78 Å². The maximum atomic E-state index is 12.8. The Kier molecular flexibility index (Phi) is 8.57. The summed E-state index contributed by atoms with van der Waals surface area (Å²) in [6.07, 6.45) is 1.16. The lowest BCUT2D eigenvalue weighted by atomic mass is 10.1. The molecule has 1 atom stereocenters. The van der Waals surface area contributed by atoms with Gasteiger partial charge in [0.2, 0.25) is 0 Å². The average Bonchev–Trinajstić information content (AvgIpc) is 3.04. The fourth-order valence-corrected chi connectivity index (χ4v) is 3.12. The van der Waals surface area contributed by atoms with Gasteiger partial charge in [-0.25, -0.2) is 4.99 Å². The van der Waals surface area contributed by atoms with Crippen molar-refractivity contribution in [1.29, 1.82) is 0 Å². The van der Waals surface area contributed by atoms with Crippen LogP contribution in [-0.4, -0.2) is 57.3 Å². The fraction of sp³-hybridized carbons (Fsp3) is 0.632. The van der Waals surface area contributed by atoms with Gasteiger partial charge in [-0.15, -0.1) is 0 Å². The molecule has 0 spiro atoms. The highest BCUT2D eigenvalue weighted by Gasteiger charge is 2.19. The summed E-state index contributed by atoms with van der Waals surface area (Å²) >= 11 is 0. The normalized spacial score (nSPS) is 18.0. The largest absolute Gasteiger partial charge is 0.490 e. The summed E-state index contributed by atoms with van der Waals surface area (Å²) < 4.78 is 35.8. The number of aliphatic imine (C=N–C) groups is 1. The number of likely N-dealkylation sites (tertiary alicyclic amines) is 1. The molecular formula is C19H30F2N4O2. The van der Waals surface area contributed by atoms with Crippen molar-refractivity contribution < 1.29 is 18.3 Å². The number of hydrogen-bond donors (Lipinski definition) is 2. The Labute approximate surface area is 159 Å². The second-order valence-electron chi connectivity index (χ2n) is 6.55. The smallest absolute Gasteiger partial charge is 0.387 e. The molecule has 1 aliphatic rings. The van der Waals surface area contributed by atoms with Crippen LogP contribution in [0.4, 0.5) is 8.78 Å². The molecule has 1 aromatic carbocycles.